The van der Waals surface area contributed by atoms with E-state index in [1.165, 1.54) is 122 Å². The van der Waals surface area contributed by atoms with Gasteiger partial charge in [0.05, 0.1) is 6.04 Å². The molecule has 0 aliphatic carbocycles. The van der Waals surface area contributed by atoms with Crippen molar-refractivity contribution in [2.24, 2.45) is 11.5 Å². The van der Waals surface area contributed by atoms with Crippen molar-refractivity contribution in [1.29, 1.82) is 0 Å². The van der Waals surface area contributed by atoms with Crippen molar-refractivity contribution in [2.45, 2.75) is 180 Å². The first-order valence-electron chi connectivity index (χ1n) is 17.6. The SMILES string of the molecule is CCCCCCCCCCCCCCCCNCCCC[C@@H](N)C(=O)CCCCCCCCCNCCCN. The molecule has 0 bridgehead atoms. The van der Waals surface area contributed by atoms with E-state index in [0.717, 1.165) is 71.2 Å². The lowest BCUT2D eigenvalue weighted by Crippen LogP contribution is -2.30. The van der Waals surface area contributed by atoms with E-state index in [1.54, 1.807) is 0 Å². The van der Waals surface area contributed by atoms with Gasteiger partial charge in [0, 0.05) is 6.42 Å². The summed E-state index contributed by atoms with van der Waals surface area (Å²) in [6.45, 7) is 7.42. The first-order valence-corrected chi connectivity index (χ1v) is 17.6. The zero-order chi connectivity index (χ0) is 28.5. The van der Waals surface area contributed by atoms with E-state index in [0.29, 0.717) is 6.42 Å². The minimum absolute atomic E-state index is 0.248. The molecule has 1 atom stereocenters. The summed E-state index contributed by atoms with van der Waals surface area (Å²) in [6, 6.07) is -0.248. The van der Waals surface area contributed by atoms with Gasteiger partial charge in [-0.15, -0.1) is 0 Å². The Hall–Kier alpha value is -0.490. The Morgan fingerprint density at radius 3 is 1.31 bits per heavy atom. The Morgan fingerprint density at radius 2 is 0.872 bits per heavy atom. The average molecular weight is 553 g/mol. The highest BCUT2D eigenvalue weighted by Crippen LogP contribution is 2.13. The molecule has 0 aromatic carbocycles. The van der Waals surface area contributed by atoms with Crippen molar-refractivity contribution in [1.82, 2.24) is 10.6 Å². The first kappa shape index (κ1) is 38.5. The molecule has 0 aromatic rings. The summed E-state index contributed by atoms with van der Waals surface area (Å²) < 4.78 is 0. The number of hydrogen-bond donors (Lipinski definition) is 4. The van der Waals surface area contributed by atoms with Gasteiger partial charge in [0.2, 0.25) is 0 Å². The number of hydrogen-bond acceptors (Lipinski definition) is 5. The van der Waals surface area contributed by atoms with Gasteiger partial charge in [-0.2, -0.15) is 0 Å². The number of carbonyl (C=O) groups is 1. The van der Waals surface area contributed by atoms with E-state index in [4.69, 9.17) is 11.5 Å². The lowest BCUT2D eigenvalue weighted by Gasteiger charge is -2.11. The molecule has 0 aliphatic rings. The molecule has 5 nitrogen and oxygen atoms in total. The number of Topliss-reactive ketones (excluding diaryl/α,β-unsaturated/α-hetero) is 1. The smallest absolute Gasteiger partial charge is 0.149 e. The van der Waals surface area contributed by atoms with E-state index < -0.39 is 0 Å². The van der Waals surface area contributed by atoms with E-state index >= 15 is 0 Å². The number of nitrogens with two attached hydrogens (primary N) is 2. The van der Waals surface area contributed by atoms with Gasteiger partial charge in [-0.3, -0.25) is 4.79 Å². The highest BCUT2D eigenvalue weighted by atomic mass is 16.1. The zero-order valence-corrected chi connectivity index (χ0v) is 26.6. The fourth-order valence-electron chi connectivity index (χ4n) is 5.32. The monoisotopic (exact) mass is 553 g/mol. The highest BCUT2D eigenvalue weighted by Gasteiger charge is 2.12. The van der Waals surface area contributed by atoms with Crippen molar-refractivity contribution in [3.63, 3.8) is 0 Å². The van der Waals surface area contributed by atoms with Crippen LogP contribution in [-0.2, 0) is 4.79 Å². The predicted octanol–water partition coefficient (Wildman–Crippen LogP) is 8.18. The standard InChI is InChI=1S/C34H72N4O/c1-2-3-4-5-6-7-8-9-10-11-12-15-18-22-29-37-31-24-21-26-33(36)34(39)27-20-17-14-13-16-19-23-30-38-32-25-28-35/h33,37-38H,2-32,35-36H2,1H3/t33-/m1/s1. The summed E-state index contributed by atoms with van der Waals surface area (Å²) in [6.07, 6.45) is 33.1. The molecule has 0 radical (unpaired) electrons. The van der Waals surface area contributed by atoms with Gasteiger partial charge in [-0.1, -0.05) is 129 Å². The van der Waals surface area contributed by atoms with Crippen molar-refractivity contribution >= 4 is 5.78 Å². The van der Waals surface area contributed by atoms with Crippen LogP contribution < -0.4 is 22.1 Å². The number of carbonyl (C=O) groups excluding carboxylic acids is 1. The lowest BCUT2D eigenvalue weighted by molar-refractivity contribution is -0.120. The fourth-order valence-corrected chi connectivity index (χ4v) is 5.32. The van der Waals surface area contributed by atoms with Crippen LogP contribution >= 0.6 is 0 Å². The molecule has 39 heavy (non-hydrogen) atoms. The number of unbranched alkanes of at least 4 members (excludes halogenated alkanes) is 20. The van der Waals surface area contributed by atoms with Crippen molar-refractivity contribution in [2.75, 3.05) is 32.7 Å². The maximum atomic E-state index is 12.3. The van der Waals surface area contributed by atoms with E-state index in [-0.39, 0.29) is 11.8 Å². The maximum absolute atomic E-state index is 12.3. The minimum atomic E-state index is -0.248. The molecular formula is C34H72N4O. The second kappa shape index (κ2) is 33.7. The van der Waals surface area contributed by atoms with Crippen LogP contribution in [0.1, 0.15) is 174 Å². The molecule has 0 unspecified atom stereocenters. The van der Waals surface area contributed by atoms with Crippen LogP contribution in [0, 0.1) is 0 Å². The summed E-state index contributed by atoms with van der Waals surface area (Å²) in [5.74, 6) is 0.272. The molecule has 234 valence electrons. The van der Waals surface area contributed by atoms with Crippen molar-refractivity contribution in [3.8, 4) is 0 Å². The van der Waals surface area contributed by atoms with Gasteiger partial charge in [-0.05, 0) is 71.2 Å². The molecule has 6 N–H and O–H groups in total. The summed E-state index contributed by atoms with van der Waals surface area (Å²) in [5.41, 5.74) is 11.6. The van der Waals surface area contributed by atoms with E-state index in [2.05, 4.69) is 17.6 Å². The quantitative estimate of drug-likeness (QED) is 0.0604. The van der Waals surface area contributed by atoms with E-state index in [9.17, 15) is 4.79 Å². The molecule has 0 amide bonds. The first-order chi connectivity index (χ1) is 19.2. The minimum Gasteiger partial charge on any atom is -0.330 e. The second-order valence-electron chi connectivity index (χ2n) is 12.0. The van der Waals surface area contributed by atoms with Gasteiger partial charge >= 0.3 is 0 Å². The van der Waals surface area contributed by atoms with Gasteiger partial charge in [0.25, 0.3) is 0 Å². The third-order valence-electron chi connectivity index (χ3n) is 8.07. The fraction of sp³-hybridized carbons (Fsp3) is 0.971. The molecule has 0 heterocycles. The van der Waals surface area contributed by atoms with Crippen molar-refractivity contribution in [3.05, 3.63) is 0 Å². The number of rotatable bonds is 34. The maximum Gasteiger partial charge on any atom is 0.149 e. The van der Waals surface area contributed by atoms with E-state index in [1.807, 2.05) is 0 Å². The largest absolute Gasteiger partial charge is 0.330 e. The summed E-state index contributed by atoms with van der Waals surface area (Å²) in [5, 5.41) is 7.01. The Morgan fingerprint density at radius 1 is 0.513 bits per heavy atom. The van der Waals surface area contributed by atoms with Gasteiger partial charge in [0.15, 0.2) is 0 Å². The number of nitrogens with one attached hydrogen (secondary N) is 2. The van der Waals surface area contributed by atoms with Crippen LogP contribution in [0.25, 0.3) is 0 Å². The predicted molar refractivity (Wildman–Crippen MR) is 173 cm³/mol. The molecular weight excluding hydrogens is 480 g/mol. The van der Waals surface area contributed by atoms with Crippen molar-refractivity contribution < 1.29 is 4.79 Å². The van der Waals surface area contributed by atoms with Crippen LogP contribution in [0.15, 0.2) is 0 Å². The topological polar surface area (TPSA) is 93.2 Å². The average Bonchev–Trinajstić information content (AvgIpc) is 2.94. The van der Waals surface area contributed by atoms with Crippen LogP contribution in [-0.4, -0.2) is 44.5 Å². The third-order valence-corrected chi connectivity index (χ3v) is 8.07. The van der Waals surface area contributed by atoms with Crippen LogP contribution in [0.2, 0.25) is 0 Å². The number of ketones is 1. The van der Waals surface area contributed by atoms with Gasteiger partial charge < -0.3 is 22.1 Å². The Balaban J connectivity index is 3.25. The Kier molecular flexibility index (Phi) is 33.3. The molecule has 0 aliphatic heterocycles. The molecule has 0 saturated heterocycles. The summed E-state index contributed by atoms with van der Waals surface area (Å²) in [4.78, 5) is 12.3. The summed E-state index contributed by atoms with van der Waals surface area (Å²) >= 11 is 0. The highest BCUT2D eigenvalue weighted by molar-refractivity contribution is 5.83. The molecule has 0 rings (SSSR count). The third kappa shape index (κ3) is 31.9. The lowest BCUT2D eigenvalue weighted by atomic mass is 10.0. The molecule has 5 heteroatoms. The molecule has 0 saturated carbocycles. The van der Waals surface area contributed by atoms with Gasteiger partial charge in [0.1, 0.15) is 5.78 Å². The molecule has 0 aromatic heterocycles. The summed E-state index contributed by atoms with van der Waals surface area (Å²) in [7, 11) is 0. The van der Waals surface area contributed by atoms with Crippen LogP contribution in [0.3, 0.4) is 0 Å². The molecule has 0 fully saturated rings. The molecule has 0 spiro atoms. The normalized spacial score (nSPS) is 12.3. The van der Waals surface area contributed by atoms with Gasteiger partial charge in [-0.25, -0.2) is 0 Å². The Bertz CT molecular complexity index is 474. The Labute approximate surface area is 245 Å². The zero-order valence-electron chi connectivity index (χ0n) is 26.6. The van der Waals surface area contributed by atoms with Crippen LogP contribution in [0.5, 0.6) is 0 Å². The second-order valence-corrected chi connectivity index (χ2v) is 12.0. The van der Waals surface area contributed by atoms with Crippen LogP contribution in [0.4, 0.5) is 0 Å².